The number of likely N-dealkylation sites (N-methyl/N-ethyl adjacent to an activating group) is 1. The molecule has 2 aromatic rings. The number of aryl methyl sites for hydroxylation is 1. The van der Waals surface area contributed by atoms with Crippen molar-refractivity contribution in [1.29, 1.82) is 0 Å². The van der Waals surface area contributed by atoms with Gasteiger partial charge in [-0.3, -0.25) is 4.98 Å². The lowest BCUT2D eigenvalue weighted by Gasteiger charge is -2.43. The van der Waals surface area contributed by atoms with Crippen LogP contribution in [0.3, 0.4) is 0 Å². The fraction of sp³-hybridized carbons (Fsp3) is 0.536. The molecule has 0 unspecified atom stereocenters. The minimum absolute atomic E-state index is 0.498. The molecule has 1 aliphatic heterocycles. The molecule has 1 spiro atoms. The third-order valence-corrected chi connectivity index (χ3v) is 7.75. The molecule has 172 valence electrons. The fourth-order valence-corrected chi connectivity index (χ4v) is 5.63. The van der Waals surface area contributed by atoms with Gasteiger partial charge < -0.3 is 9.80 Å². The number of nitrogens with zero attached hydrogens (tertiary/aromatic N) is 3. The molecular weight excluding hydrogens is 414 g/mol. The second kappa shape index (κ2) is 9.97. The Kier molecular flexibility index (Phi) is 7.27. The summed E-state index contributed by atoms with van der Waals surface area (Å²) in [5.74, 6) is 0. The van der Waals surface area contributed by atoms with Crippen molar-refractivity contribution in [2.75, 3.05) is 26.7 Å². The highest BCUT2D eigenvalue weighted by Gasteiger charge is 2.50. The van der Waals surface area contributed by atoms with Crippen molar-refractivity contribution in [3.8, 4) is 0 Å². The first-order valence-electron chi connectivity index (χ1n) is 12.3. The lowest BCUT2D eigenvalue weighted by molar-refractivity contribution is 0.101. The van der Waals surface area contributed by atoms with E-state index in [9.17, 15) is 0 Å². The van der Waals surface area contributed by atoms with Gasteiger partial charge in [0.2, 0.25) is 0 Å². The monoisotopic (exact) mass is 451 g/mol. The molecule has 2 fully saturated rings. The summed E-state index contributed by atoms with van der Waals surface area (Å²) >= 11 is 6.49. The molecule has 0 amide bonds. The van der Waals surface area contributed by atoms with Crippen molar-refractivity contribution in [3.63, 3.8) is 0 Å². The first kappa shape index (κ1) is 23.3. The summed E-state index contributed by atoms with van der Waals surface area (Å²) in [6.45, 7) is 14.0. The molecule has 1 aromatic carbocycles. The maximum atomic E-state index is 6.49. The minimum atomic E-state index is 0.498. The van der Waals surface area contributed by atoms with Crippen molar-refractivity contribution in [1.82, 2.24) is 14.8 Å². The van der Waals surface area contributed by atoms with E-state index in [1.807, 2.05) is 12.1 Å². The maximum Gasteiger partial charge on any atom is 0.0726 e. The summed E-state index contributed by atoms with van der Waals surface area (Å²) in [7, 11) is 2.24. The van der Waals surface area contributed by atoms with Crippen LogP contribution in [0.5, 0.6) is 0 Å². The molecule has 2 heterocycles. The van der Waals surface area contributed by atoms with Gasteiger partial charge in [0, 0.05) is 36.4 Å². The van der Waals surface area contributed by atoms with Crippen LogP contribution >= 0.6 is 11.6 Å². The third kappa shape index (κ3) is 4.89. The summed E-state index contributed by atoms with van der Waals surface area (Å²) in [6, 6.07) is 6.15. The van der Waals surface area contributed by atoms with E-state index in [4.69, 9.17) is 16.6 Å². The van der Waals surface area contributed by atoms with Crippen LogP contribution in [0, 0.1) is 0 Å². The van der Waals surface area contributed by atoms with Crippen LogP contribution in [0.4, 0.5) is 0 Å². The quantitative estimate of drug-likeness (QED) is 0.493. The molecule has 0 atom stereocenters. The van der Waals surface area contributed by atoms with Crippen LogP contribution in [0.15, 0.2) is 37.1 Å². The van der Waals surface area contributed by atoms with Gasteiger partial charge in [-0.2, -0.15) is 0 Å². The van der Waals surface area contributed by atoms with E-state index in [1.165, 1.54) is 81.5 Å². The van der Waals surface area contributed by atoms with Gasteiger partial charge in [-0.05, 0) is 75.6 Å². The van der Waals surface area contributed by atoms with Gasteiger partial charge in [-0.1, -0.05) is 56.3 Å². The summed E-state index contributed by atoms with van der Waals surface area (Å²) in [5.41, 5.74) is 6.43. The van der Waals surface area contributed by atoms with Gasteiger partial charge in [0.1, 0.15) is 0 Å². The zero-order chi connectivity index (χ0) is 22.7. The Morgan fingerprint density at radius 2 is 2.00 bits per heavy atom. The molecule has 5 rings (SSSR count). The van der Waals surface area contributed by atoms with Crippen LogP contribution in [-0.4, -0.2) is 47.0 Å². The van der Waals surface area contributed by atoms with E-state index < -0.39 is 0 Å². The smallest absolute Gasteiger partial charge is 0.0726 e. The second-order valence-electron chi connectivity index (χ2n) is 9.82. The molecule has 32 heavy (non-hydrogen) atoms. The van der Waals surface area contributed by atoms with E-state index in [0.29, 0.717) is 5.54 Å². The number of aromatic nitrogens is 1. The molecule has 0 N–H and O–H groups in total. The molecule has 4 heteroatoms. The number of fused-ring (bicyclic) bond motifs is 2. The number of pyridine rings is 1. The molecule has 1 saturated heterocycles. The van der Waals surface area contributed by atoms with Crippen LogP contribution in [0.2, 0.25) is 5.02 Å². The summed E-state index contributed by atoms with van der Waals surface area (Å²) in [6.07, 6.45) is 12.9. The third-order valence-electron chi connectivity index (χ3n) is 7.32. The van der Waals surface area contributed by atoms with Gasteiger partial charge in [0.15, 0.2) is 0 Å². The summed E-state index contributed by atoms with van der Waals surface area (Å²) in [4.78, 5) is 9.84. The zero-order valence-electron chi connectivity index (χ0n) is 19.9. The average molecular weight is 452 g/mol. The normalized spacial score (nSPS) is 19.3. The van der Waals surface area contributed by atoms with Gasteiger partial charge in [0.25, 0.3) is 0 Å². The van der Waals surface area contributed by atoms with Gasteiger partial charge in [-0.15, -0.1) is 0 Å². The summed E-state index contributed by atoms with van der Waals surface area (Å²) < 4.78 is 0. The SMILES string of the molecule is C=C(CCCC)N1CCN(C)CC12CC2.C=Cc1ccc2c(Cl)c3c(nc2c1)CCCC3. The number of piperazine rings is 1. The number of hydrogen-bond donors (Lipinski definition) is 0. The van der Waals surface area contributed by atoms with E-state index in [-0.39, 0.29) is 0 Å². The van der Waals surface area contributed by atoms with Crippen molar-refractivity contribution >= 4 is 28.6 Å². The van der Waals surface area contributed by atoms with Gasteiger partial charge in [-0.25, -0.2) is 0 Å². The van der Waals surface area contributed by atoms with Crippen LogP contribution < -0.4 is 0 Å². The Balaban J connectivity index is 0.000000155. The van der Waals surface area contributed by atoms with Gasteiger partial charge in [0.05, 0.1) is 16.1 Å². The number of rotatable bonds is 5. The largest absolute Gasteiger partial charge is 0.367 e. The number of allylic oxidation sites excluding steroid dienone is 1. The van der Waals surface area contributed by atoms with Crippen molar-refractivity contribution in [3.05, 3.63) is 58.9 Å². The van der Waals surface area contributed by atoms with Crippen molar-refractivity contribution < 1.29 is 0 Å². The highest BCUT2D eigenvalue weighted by Crippen LogP contribution is 2.46. The first-order chi connectivity index (χ1) is 15.5. The molecule has 2 aliphatic carbocycles. The molecule has 3 nitrogen and oxygen atoms in total. The minimum Gasteiger partial charge on any atom is -0.367 e. The predicted octanol–water partition coefficient (Wildman–Crippen LogP) is 6.88. The molecule has 3 aliphatic rings. The highest BCUT2D eigenvalue weighted by atomic mass is 35.5. The Labute approximate surface area is 199 Å². The van der Waals surface area contributed by atoms with Crippen molar-refractivity contribution in [2.45, 2.75) is 70.3 Å². The second-order valence-corrected chi connectivity index (χ2v) is 10.2. The van der Waals surface area contributed by atoms with Crippen LogP contribution in [0.25, 0.3) is 17.0 Å². The predicted molar refractivity (Wildman–Crippen MR) is 138 cm³/mol. The number of halogens is 1. The zero-order valence-corrected chi connectivity index (χ0v) is 20.7. The number of benzene rings is 1. The highest BCUT2D eigenvalue weighted by molar-refractivity contribution is 6.36. The van der Waals surface area contributed by atoms with Crippen LogP contribution in [-0.2, 0) is 12.8 Å². The lowest BCUT2D eigenvalue weighted by Crippen LogP contribution is -2.52. The number of hydrogen-bond acceptors (Lipinski definition) is 3. The molecule has 1 saturated carbocycles. The number of unbranched alkanes of at least 4 members (excludes halogenated alkanes) is 1. The first-order valence-corrected chi connectivity index (χ1v) is 12.7. The Morgan fingerprint density at radius 1 is 1.22 bits per heavy atom. The fourth-order valence-electron chi connectivity index (χ4n) is 5.27. The summed E-state index contributed by atoms with van der Waals surface area (Å²) in [5, 5.41) is 1.97. The standard InChI is InChI=1S/C15H14ClN.C13H24N2/c1-2-10-7-8-12-14(9-10)17-13-6-4-3-5-11(13)15(12)16;1-4-5-6-12(2)15-10-9-14(3)11-13(15)7-8-13/h2,7-9H,1,3-6H2;2,4-11H2,1,3H3. The van der Waals surface area contributed by atoms with E-state index >= 15 is 0 Å². The van der Waals surface area contributed by atoms with E-state index in [1.54, 1.807) is 0 Å². The average Bonchev–Trinajstić information content (AvgIpc) is 3.56. The molecule has 0 bridgehead atoms. The molecular formula is C28H38ClN3. The topological polar surface area (TPSA) is 19.4 Å². The van der Waals surface area contributed by atoms with E-state index in [0.717, 1.165) is 34.3 Å². The van der Waals surface area contributed by atoms with Crippen molar-refractivity contribution in [2.24, 2.45) is 0 Å². The van der Waals surface area contributed by atoms with Crippen LogP contribution in [0.1, 0.15) is 68.7 Å². The van der Waals surface area contributed by atoms with E-state index in [2.05, 4.69) is 49.1 Å². The maximum absolute atomic E-state index is 6.49. The molecule has 0 radical (unpaired) electrons. The molecule has 1 aromatic heterocycles. The Hall–Kier alpha value is -1.84. The van der Waals surface area contributed by atoms with Gasteiger partial charge >= 0.3 is 0 Å². The Morgan fingerprint density at radius 3 is 2.72 bits per heavy atom. The Bertz CT molecular complexity index is 992. The lowest BCUT2D eigenvalue weighted by atomic mass is 9.94.